The maximum Gasteiger partial charge on any atom is 0.263 e. The average molecular weight is 326 g/mol. The second-order valence-corrected chi connectivity index (χ2v) is 5.75. The van der Waals surface area contributed by atoms with E-state index in [0.29, 0.717) is 0 Å². The van der Waals surface area contributed by atoms with Crippen molar-refractivity contribution < 1.29 is 4.79 Å². The molecule has 1 atom stereocenters. The van der Waals surface area contributed by atoms with Gasteiger partial charge in [-0.2, -0.15) is 0 Å². The summed E-state index contributed by atoms with van der Waals surface area (Å²) in [4.78, 5) is 16.9. The van der Waals surface area contributed by atoms with Gasteiger partial charge in [0, 0.05) is 6.54 Å². The lowest BCUT2D eigenvalue weighted by atomic mass is 10.1. The van der Waals surface area contributed by atoms with Gasteiger partial charge in [0.2, 0.25) is 0 Å². The number of carbonyl (C=O) groups excluding carboxylic acids is 1. The molecule has 2 heterocycles. The highest BCUT2D eigenvalue weighted by Gasteiger charge is 2.16. The van der Waals surface area contributed by atoms with Crippen molar-refractivity contribution in [2.45, 2.75) is 26.7 Å². The number of nitrogens with zero attached hydrogens (tertiary/aromatic N) is 1. The summed E-state index contributed by atoms with van der Waals surface area (Å²) in [7, 11) is 0. The molecule has 1 aliphatic heterocycles. The second kappa shape index (κ2) is 8.74. The fraction of sp³-hybridized carbons (Fsp3) is 0.667. The maximum absolute atomic E-state index is 11.9. The molecule has 2 rings (SSSR count). The van der Waals surface area contributed by atoms with E-state index in [4.69, 9.17) is 0 Å². The van der Waals surface area contributed by atoms with Crippen molar-refractivity contribution in [3.63, 3.8) is 0 Å². The first-order valence-corrected chi connectivity index (χ1v) is 6.91. The number of hydrogen-bond acceptors (Lipinski definition) is 4. The van der Waals surface area contributed by atoms with E-state index in [-0.39, 0.29) is 30.7 Å². The summed E-state index contributed by atoms with van der Waals surface area (Å²) in [6, 6.07) is 0. The number of aromatic nitrogens is 1. The van der Waals surface area contributed by atoms with E-state index in [9.17, 15) is 4.79 Å². The SMILES string of the molecule is Cc1nc(C)c(C(=O)NCCC2CCNC2)s1.Cl.Cl. The number of rotatable bonds is 4. The Morgan fingerprint density at radius 1 is 1.47 bits per heavy atom. The van der Waals surface area contributed by atoms with E-state index >= 15 is 0 Å². The van der Waals surface area contributed by atoms with Crippen LogP contribution in [-0.2, 0) is 0 Å². The van der Waals surface area contributed by atoms with Crippen molar-refractivity contribution in [2.24, 2.45) is 5.92 Å². The Morgan fingerprint density at radius 2 is 2.21 bits per heavy atom. The highest BCUT2D eigenvalue weighted by molar-refractivity contribution is 7.13. The largest absolute Gasteiger partial charge is 0.351 e. The van der Waals surface area contributed by atoms with Gasteiger partial charge in [0.15, 0.2) is 0 Å². The van der Waals surface area contributed by atoms with Crippen LogP contribution in [0.4, 0.5) is 0 Å². The quantitative estimate of drug-likeness (QED) is 0.893. The predicted octanol–water partition coefficient (Wildman–Crippen LogP) is 2.33. The molecule has 1 fully saturated rings. The van der Waals surface area contributed by atoms with E-state index in [1.54, 1.807) is 0 Å². The lowest BCUT2D eigenvalue weighted by molar-refractivity contribution is 0.0955. The zero-order valence-corrected chi connectivity index (χ0v) is 13.6. The van der Waals surface area contributed by atoms with Crippen LogP contribution in [0, 0.1) is 19.8 Å². The van der Waals surface area contributed by atoms with Crippen LogP contribution in [0.3, 0.4) is 0 Å². The molecule has 0 spiro atoms. The molecular weight excluding hydrogens is 305 g/mol. The van der Waals surface area contributed by atoms with Gasteiger partial charge in [-0.05, 0) is 45.7 Å². The van der Waals surface area contributed by atoms with E-state index in [1.165, 1.54) is 17.8 Å². The van der Waals surface area contributed by atoms with Crippen LogP contribution in [-0.4, -0.2) is 30.5 Å². The molecule has 1 aromatic heterocycles. The molecule has 110 valence electrons. The molecule has 0 aliphatic carbocycles. The molecule has 7 heteroatoms. The van der Waals surface area contributed by atoms with Crippen molar-refractivity contribution in [3.05, 3.63) is 15.6 Å². The Labute approximate surface area is 130 Å². The first kappa shape index (κ1) is 18.6. The third-order valence-corrected chi connectivity index (χ3v) is 4.18. The minimum Gasteiger partial charge on any atom is -0.351 e. The van der Waals surface area contributed by atoms with E-state index in [0.717, 1.165) is 47.6 Å². The molecule has 1 amide bonds. The van der Waals surface area contributed by atoms with E-state index in [2.05, 4.69) is 15.6 Å². The van der Waals surface area contributed by atoms with Gasteiger partial charge in [-0.25, -0.2) is 4.98 Å². The van der Waals surface area contributed by atoms with E-state index < -0.39 is 0 Å². The molecule has 19 heavy (non-hydrogen) atoms. The van der Waals surface area contributed by atoms with Gasteiger partial charge in [0.05, 0.1) is 10.7 Å². The third kappa shape index (κ3) is 5.26. The van der Waals surface area contributed by atoms with E-state index in [1.807, 2.05) is 13.8 Å². The molecule has 1 aliphatic rings. The van der Waals surface area contributed by atoms with Gasteiger partial charge in [-0.3, -0.25) is 4.79 Å². The number of amides is 1. The van der Waals surface area contributed by atoms with Crippen LogP contribution in [0.2, 0.25) is 0 Å². The summed E-state index contributed by atoms with van der Waals surface area (Å²) in [5, 5.41) is 7.27. The maximum atomic E-state index is 11.9. The van der Waals surface area contributed by atoms with Gasteiger partial charge in [0.1, 0.15) is 4.88 Å². The molecular formula is C12H21Cl2N3OS. The monoisotopic (exact) mass is 325 g/mol. The zero-order chi connectivity index (χ0) is 12.3. The Bertz CT molecular complexity index is 406. The fourth-order valence-corrected chi connectivity index (χ4v) is 3.01. The van der Waals surface area contributed by atoms with Crippen molar-refractivity contribution in [2.75, 3.05) is 19.6 Å². The van der Waals surface area contributed by atoms with Gasteiger partial charge < -0.3 is 10.6 Å². The smallest absolute Gasteiger partial charge is 0.263 e. The molecule has 0 aromatic carbocycles. The van der Waals surface area contributed by atoms with Crippen molar-refractivity contribution in [1.82, 2.24) is 15.6 Å². The van der Waals surface area contributed by atoms with Crippen molar-refractivity contribution in [3.8, 4) is 0 Å². The number of nitrogens with one attached hydrogen (secondary N) is 2. The third-order valence-electron chi connectivity index (χ3n) is 3.11. The molecule has 1 aromatic rings. The molecule has 4 nitrogen and oxygen atoms in total. The van der Waals surface area contributed by atoms with Gasteiger partial charge in [-0.15, -0.1) is 36.2 Å². The summed E-state index contributed by atoms with van der Waals surface area (Å²) < 4.78 is 0. The fourth-order valence-electron chi connectivity index (χ4n) is 2.17. The van der Waals surface area contributed by atoms with Crippen LogP contribution in [0.1, 0.15) is 33.2 Å². The number of halogens is 2. The minimum absolute atomic E-state index is 0. The molecule has 1 unspecified atom stereocenters. The summed E-state index contributed by atoms with van der Waals surface area (Å²) in [6.07, 6.45) is 2.30. The Balaban J connectivity index is 0.00000162. The Morgan fingerprint density at radius 3 is 2.74 bits per heavy atom. The average Bonchev–Trinajstić information content (AvgIpc) is 2.88. The summed E-state index contributed by atoms with van der Waals surface area (Å²) >= 11 is 1.47. The van der Waals surface area contributed by atoms with Crippen LogP contribution in [0.25, 0.3) is 0 Å². The van der Waals surface area contributed by atoms with Gasteiger partial charge in [0.25, 0.3) is 5.91 Å². The highest BCUT2D eigenvalue weighted by atomic mass is 35.5. The molecule has 0 bridgehead atoms. The number of aryl methyl sites for hydroxylation is 2. The lowest BCUT2D eigenvalue weighted by Gasteiger charge is -2.08. The van der Waals surface area contributed by atoms with Crippen LogP contribution >= 0.6 is 36.2 Å². The molecule has 2 N–H and O–H groups in total. The van der Waals surface area contributed by atoms with Gasteiger partial charge in [-0.1, -0.05) is 0 Å². The number of thiazole rings is 1. The van der Waals surface area contributed by atoms with Crippen molar-refractivity contribution >= 4 is 42.1 Å². The highest BCUT2D eigenvalue weighted by Crippen LogP contribution is 2.17. The molecule has 0 radical (unpaired) electrons. The van der Waals surface area contributed by atoms with Gasteiger partial charge >= 0.3 is 0 Å². The Kier molecular flexibility index (Phi) is 8.57. The van der Waals surface area contributed by atoms with Crippen LogP contribution < -0.4 is 10.6 Å². The Hall–Kier alpha value is -0.360. The minimum atomic E-state index is 0. The number of hydrogen-bond donors (Lipinski definition) is 2. The zero-order valence-electron chi connectivity index (χ0n) is 11.2. The summed E-state index contributed by atoms with van der Waals surface area (Å²) in [6.45, 7) is 6.79. The standard InChI is InChI=1S/C12H19N3OS.2ClH/c1-8-11(17-9(2)15-8)12(16)14-6-4-10-3-5-13-7-10;;/h10,13H,3-7H2,1-2H3,(H,14,16);2*1H. The lowest BCUT2D eigenvalue weighted by Crippen LogP contribution is -2.26. The topological polar surface area (TPSA) is 54.0 Å². The molecule has 0 saturated carbocycles. The molecule has 1 saturated heterocycles. The van der Waals surface area contributed by atoms with Crippen LogP contribution in [0.5, 0.6) is 0 Å². The second-order valence-electron chi connectivity index (χ2n) is 4.55. The summed E-state index contributed by atoms with van der Waals surface area (Å²) in [5.41, 5.74) is 0.840. The normalized spacial score (nSPS) is 17.5. The number of carbonyl (C=O) groups is 1. The van der Waals surface area contributed by atoms with Crippen LogP contribution in [0.15, 0.2) is 0 Å². The predicted molar refractivity (Wildman–Crippen MR) is 84.0 cm³/mol. The first-order valence-electron chi connectivity index (χ1n) is 6.09. The first-order chi connectivity index (χ1) is 8.16. The summed E-state index contributed by atoms with van der Waals surface area (Å²) in [5.74, 6) is 0.749. The van der Waals surface area contributed by atoms with Crippen molar-refractivity contribution in [1.29, 1.82) is 0 Å².